The summed E-state index contributed by atoms with van der Waals surface area (Å²) in [6, 6.07) is 2.62. The molecule has 1 aliphatic carbocycles. The monoisotopic (exact) mass is 263 g/mol. The molecule has 19 heavy (non-hydrogen) atoms. The van der Waals surface area contributed by atoms with Crippen molar-refractivity contribution in [2.45, 2.75) is 65.3 Å². The molecule has 0 spiro atoms. The molecule has 2 rings (SSSR count). The maximum Gasteiger partial charge on any atom is 0.0630 e. The number of nitrogens with two attached hydrogens (primary N) is 1. The molecule has 2 unspecified atom stereocenters. The predicted octanol–water partition coefficient (Wildman–Crippen LogP) is 3.55. The average molecular weight is 263 g/mol. The fraction of sp³-hybridized carbons (Fsp3) is 0.812. The lowest BCUT2D eigenvalue weighted by Crippen LogP contribution is -2.38. The minimum atomic E-state index is 0.301. The van der Waals surface area contributed by atoms with Gasteiger partial charge in [0, 0.05) is 12.2 Å². The Morgan fingerprint density at radius 3 is 2.89 bits per heavy atom. The molecule has 1 aromatic rings. The van der Waals surface area contributed by atoms with Crippen LogP contribution >= 0.6 is 0 Å². The lowest BCUT2D eigenvalue weighted by Gasteiger charge is -2.40. The minimum absolute atomic E-state index is 0.301. The molecule has 0 amide bonds. The smallest absolute Gasteiger partial charge is 0.0630 e. The molecule has 108 valence electrons. The highest BCUT2D eigenvalue weighted by atomic mass is 15.3. The van der Waals surface area contributed by atoms with Crippen molar-refractivity contribution in [2.75, 3.05) is 6.54 Å². The minimum Gasteiger partial charge on any atom is -0.330 e. The summed E-state index contributed by atoms with van der Waals surface area (Å²) in [5.74, 6) is 0.865. The normalized spacial score (nSPS) is 27.9. The third-order valence-electron chi connectivity index (χ3n) is 4.80. The number of aromatic nitrogens is 2. The van der Waals surface area contributed by atoms with Crippen LogP contribution in [0.4, 0.5) is 0 Å². The Balaban J connectivity index is 2.08. The molecule has 1 saturated carbocycles. The molecule has 2 atom stereocenters. The highest BCUT2D eigenvalue weighted by Crippen LogP contribution is 2.42. The summed E-state index contributed by atoms with van der Waals surface area (Å²) in [6.45, 7) is 7.45. The molecule has 3 heteroatoms. The van der Waals surface area contributed by atoms with Crippen molar-refractivity contribution in [3.63, 3.8) is 0 Å². The third kappa shape index (κ3) is 3.38. The van der Waals surface area contributed by atoms with Gasteiger partial charge in [0.1, 0.15) is 0 Å². The van der Waals surface area contributed by atoms with Crippen LogP contribution in [0.2, 0.25) is 0 Å². The fourth-order valence-electron chi connectivity index (χ4n) is 3.49. The molecule has 1 aromatic heterocycles. The molecule has 1 heterocycles. The number of hydrogen-bond donors (Lipinski definition) is 1. The lowest BCUT2D eigenvalue weighted by atomic mass is 9.66. The van der Waals surface area contributed by atoms with Gasteiger partial charge >= 0.3 is 0 Å². The third-order valence-corrected chi connectivity index (χ3v) is 4.80. The first-order valence-electron chi connectivity index (χ1n) is 7.82. The van der Waals surface area contributed by atoms with Gasteiger partial charge in [-0.15, -0.1) is 0 Å². The van der Waals surface area contributed by atoms with Gasteiger partial charge in [0.25, 0.3) is 0 Å². The molecule has 0 bridgehead atoms. The maximum absolute atomic E-state index is 6.14. The van der Waals surface area contributed by atoms with E-state index in [1.807, 2.05) is 0 Å². The van der Waals surface area contributed by atoms with Gasteiger partial charge in [-0.3, -0.25) is 4.68 Å². The quantitative estimate of drug-likeness (QED) is 0.883. The zero-order chi connectivity index (χ0) is 13.9. The summed E-state index contributed by atoms with van der Waals surface area (Å²) in [5, 5.41) is 4.71. The van der Waals surface area contributed by atoms with E-state index in [1.165, 1.54) is 37.8 Å². The molecule has 1 aliphatic rings. The molecule has 2 N–H and O–H groups in total. The van der Waals surface area contributed by atoms with Gasteiger partial charge in [-0.25, -0.2) is 0 Å². The Morgan fingerprint density at radius 2 is 2.32 bits per heavy atom. The van der Waals surface area contributed by atoms with E-state index >= 15 is 0 Å². The molecule has 0 saturated heterocycles. The van der Waals surface area contributed by atoms with Gasteiger partial charge < -0.3 is 5.73 Å². The summed E-state index contributed by atoms with van der Waals surface area (Å²) in [5.41, 5.74) is 7.65. The summed E-state index contributed by atoms with van der Waals surface area (Å²) in [6.07, 6.45) is 9.73. The Labute approximate surface area is 117 Å². The number of nitrogens with zero attached hydrogens (tertiary/aromatic N) is 2. The second-order valence-corrected chi connectivity index (χ2v) is 6.63. The van der Waals surface area contributed by atoms with E-state index in [1.54, 1.807) is 0 Å². The van der Waals surface area contributed by atoms with Crippen LogP contribution in [0.25, 0.3) is 0 Å². The van der Waals surface area contributed by atoms with Crippen LogP contribution in [0.1, 0.15) is 64.6 Å². The van der Waals surface area contributed by atoms with Gasteiger partial charge in [0.05, 0.1) is 5.69 Å². The molecule has 0 aromatic carbocycles. The summed E-state index contributed by atoms with van der Waals surface area (Å²) < 4.78 is 2.06. The second kappa shape index (κ2) is 6.08. The standard InChI is InChI=1S/C16H29N3/c1-4-14-6-5-8-16(10-14,12-17)11-15-7-9-19(18-15)13(2)3/h7,9,13-14H,4-6,8,10-12,17H2,1-3H3. The SMILES string of the molecule is CCC1CCCC(CN)(Cc2ccn(C(C)C)n2)C1. The maximum atomic E-state index is 6.14. The van der Waals surface area contributed by atoms with Crippen LogP contribution in [0.15, 0.2) is 12.3 Å². The first kappa shape index (κ1) is 14.6. The first-order valence-corrected chi connectivity index (χ1v) is 7.82. The van der Waals surface area contributed by atoms with Crippen molar-refractivity contribution in [2.24, 2.45) is 17.1 Å². The van der Waals surface area contributed by atoms with E-state index in [-0.39, 0.29) is 0 Å². The average Bonchev–Trinajstić information content (AvgIpc) is 2.87. The number of hydrogen-bond acceptors (Lipinski definition) is 2. The zero-order valence-electron chi connectivity index (χ0n) is 12.7. The van der Waals surface area contributed by atoms with Gasteiger partial charge in [0.2, 0.25) is 0 Å². The Hall–Kier alpha value is -0.830. The molecule has 0 radical (unpaired) electrons. The highest BCUT2D eigenvalue weighted by Gasteiger charge is 2.35. The predicted molar refractivity (Wildman–Crippen MR) is 80.1 cm³/mol. The van der Waals surface area contributed by atoms with Crippen molar-refractivity contribution in [1.82, 2.24) is 9.78 Å². The summed E-state index contributed by atoms with van der Waals surface area (Å²) in [4.78, 5) is 0. The molecule has 0 aliphatic heterocycles. The van der Waals surface area contributed by atoms with Gasteiger partial charge in [0.15, 0.2) is 0 Å². The van der Waals surface area contributed by atoms with Crippen molar-refractivity contribution in [3.8, 4) is 0 Å². The zero-order valence-corrected chi connectivity index (χ0v) is 12.7. The molecule has 3 nitrogen and oxygen atoms in total. The van der Waals surface area contributed by atoms with Crippen LogP contribution < -0.4 is 5.73 Å². The van der Waals surface area contributed by atoms with Gasteiger partial charge in [-0.1, -0.05) is 26.2 Å². The van der Waals surface area contributed by atoms with Gasteiger partial charge in [-0.05, 0) is 57.1 Å². The van der Waals surface area contributed by atoms with Crippen LogP contribution in [-0.2, 0) is 6.42 Å². The van der Waals surface area contributed by atoms with Crippen molar-refractivity contribution >= 4 is 0 Å². The lowest BCUT2D eigenvalue weighted by molar-refractivity contribution is 0.141. The van der Waals surface area contributed by atoms with E-state index in [4.69, 9.17) is 10.8 Å². The second-order valence-electron chi connectivity index (χ2n) is 6.63. The van der Waals surface area contributed by atoms with E-state index in [2.05, 4.69) is 37.7 Å². The number of rotatable bonds is 5. The summed E-state index contributed by atoms with van der Waals surface area (Å²) >= 11 is 0. The largest absolute Gasteiger partial charge is 0.330 e. The first-order chi connectivity index (χ1) is 9.08. The Kier molecular flexibility index (Phi) is 4.67. The van der Waals surface area contributed by atoms with Crippen LogP contribution in [-0.4, -0.2) is 16.3 Å². The Bertz CT molecular complexity index is 396. The highest BCUT2D eigenvalue weighted by molar-refractivity contribution is 5.05. The topological polar surface area (TPSA) is 43.8 Å². The molecular formula is C16H29N3. The van der Waals surface area contributed by atoms with Crippen LogP contribution in [0, 0.1) is 11.3 Å². The van der Waals surface area contributed by atoms with E-state index in [0.717, 1.165) is 18.9 Å². The van der Waals surface area contributed by atoms with Crippen LogP contribution in [0.3, 0.4) is 0 Å². The van der Waals surface area contributed by atoms with Gasteiger partial charge in [-0.2, -0.15) is 5.10 Å². The fourth-order valence-corrected chi connectivity index (χ4v) is 3.49. The van der Waals surface area contributed by atoms with Crippen LogP contribution in [0.5, 0.6) is 0 Å². The molecule has 1 fully saturated rings. The molecular weight excluding hydrogens is 234 g/mol. The Morgan fingerprint density at radius 1 is 1.53 bits per heavy atom. The van der Waals surface area contributed by atoms with Crippen molar-refractivity contribution in [1.29, 1.82) is 0 Å². The van der Waals surface area contributed by atoms with E-state index < -0.39 is 0 Å². The van der Waals surface area contributed by atoms with E-state index in [0.29, 0.717) is 11.5 Å². The van der Waals surface area contributed by atoms with Crippen molar-refractivity contribution in [3.05, 3.63) is 18.0 Å². The summed E-state index contributed by atoms with van der Waals surface area (Å²) in [7, 11) is 0. The van der Waals surface area contributed by atoms with E-state index in [9.17, 15) is 0 Å². The van der Waals surface area contributed by atoms with Crippen molar-refractivity contribution < 1.29 is 0 Å².